The fourth-order valence-corrected chi connectivity index (χ4v) is 3.08. The lowest BCUT2D eigenvalue weighted by atomic mass is 10.2. The minimum atomic E-state index is -1.89. The van der Waals surface area contributed by atoms with Crippen LogP contribution in [-0.2, 0) is 18.8 Å². The zero-order valence-electron chi connectivity index (χ0n) is 14.8. The molecule has 0 saturated carbocycles. The van der Waals surface area contributed by atoms with Gasteiger partial charge in [0, 0.05) is 12.5 Å². The summed E-state index contributed by atoms with van der Waals surface area (Å²) < 4.78 is 11.4. The molecule has 1 N–H and O–H groups in total. The second-order valence-corrected chi connectivity index (χ2v) is 11.9. The van der Waals surface area contributed by atoms with Crippen molar-refractivity contribution in [2.75, 3.05) is 0 Å². The van der Waals surface area contributed by atoms with Crippen LogP contribution in [0.2, 0.25) is 18.1 Å². The molecule has 0 saturated heterocycles. The van der Waals surface area contributed by atoms with Crippen molar-refractivity contribution in [3.63, 3.8) is 0 Å². The van der Waals surface area contributed by atoms with Crippen molar-refractivity contribution in [1.82, 2.24) is 0 Å². The van der Waals surface area contributed by atoms with E-state index in [1.165, 1.54) is 6.08 Å². The Bertz CT molecular complexity index is 409. The first kappa shape index (κ1) is 20.9. The van der Waals surface area contributed by atoms with Gasteiger partial charge < -0.3 is 14.3 Å². The Morgan fingerprint density at radius 2 is 1.73 bits per heavy atom. The van der Waals surface area contributed by atoms with E-state index in [0.717, 1.165) is 6.08 Å². The van der Waals surface area contributed by atoms with Gasteiger partial charge in [-0.1, -0.05) is 26.8 Å². The van der Waals surface area contributed by atoms with Gasteiger partial charge in [0.25, 0.3) is 0 Å². The maximum atomic E-state index is 11.9. The number of hydrogen-bond acceptors (Lipinski definition) is 4. The number of carbonyl (C=O) groups excluding carboxylic acids is 1. The number of hydrogen-bond donors (Lipinski definition) is 1. The van der Waals surface area contributed by atoms with Gasteiger partial charge in [-0.2, -0.15) is 0 Å². The monoisotopic (exact) mass is 330 g/mol. The normalized spacial score (nSPS) is 15.6. The fourth-order valence-electron chi connectivity index (χ4n) is 1.64. The molecule has 22 heavy (non-hydrogen) atoms. The van der Waals surface area contributed by atoms with Crippen LogP contribution in [0.4, 0.5) is 0 Å². The van der Waals surface area contributed by atoms with Gasteiger partial charge >= 0.3 is 11.9 Å². The number of ether oxygens (including phenoxy) is 1. The zero-order valence-corrected chi connectivity index (χ0v) is 15.8. The molecule has 0 heterocycles. The molecule has 0 aliphatic heterocycles. The summed E-state index contributed by atoms with van der Waals surface area (Å²) in [4.78, 5) is 22.2. The Labute approximate surface area is 134 Å². The molecule has 2 unspecified atom stereocenters. The van der Waals surface area contributed by atoms with Gasteiger partial charge in [0.15, 0.2) is 8.32 Å². The van der Waals surface area contributed by atoms with Crippen LogP contribution in [0, 0.1) is 0 Å². The van der Waals surface area contributed by atoms with E-state index in [2.05, 4.69) is 33.9 Å². The first-order valence-electron chi connectivity index (χ1n) is 7.62. The lowest BCUT2D eigenvalue weighted by Gasteiger charge is -2.38. The van der Waals surface area contributed by atoms with Gasteiger partial charge in [-0.3, -0.25) is 4.79 Å². The summed E-state index contributed by atoms with van der Waals surface area (Å²) in [6, 6.07) is 0. The number of carbonyl (C=O) groups is 2. The maximum absolute atomic E-state index is 11.9. The summed E-state index contributed by atoms with van der Waals surface area (Å²) >= 11 is 0. The lowest BCUT2D eigenvalue weighted by molar-refractivity contribution is -0.149. The second kappa shape index (κ2) is 8.48. The SMILES string of the molecule is CC(CC=CC(=O)O)OC(=O)CC(C)O[Si](C)(C)C(C)(C)C. The van der Waals surface area contributed by atoms with E-state index in [1.54, 1.807) is 6.92 Å². The standard InChI is InChI=1S/C16H30O5Si/c1-12(9-8-10-14(17)18)20-15(19)11-13(2)21-22(6,7)16(3,4)5/h8,10,12-13H,9,11H2,1-7H3,(H,17,18). The third-order valence-electron chi connectivity index (χ3n) is 3.82. The Balaban J connectivity index is 4.29. The van der Waals surface area contributed by atoms with Gasteiger partial charge in [-0.25, -0.2) is 4.79 Å². The predicted octanol–water partition coefficient (Wildman–Crippen LogP) is 3.75. The van der Waals surface area contributed by atoms with Crippen molar-refractivity contribution >= 4 is 20.3 Å². The molecule has 0 aliphatic carbocycles. The number of esters is 1. The molecule has 0 radical (unpaired) electrons. The molecule has 0 amide bonds. The Kier molecular flexibility index (Phi) is 8.04. The molecule has 0 bridgehead atoms. The van der Waals surface area contributed by atoms with Crippen molar-refractivity contribution in [3.05, 3.63) is 12.2 Å². The van der Waals surface area contributed by atoms with E-state index in [1.807, 2.05) is 6.92 Å². The van der Waals surface area contributed by atoms with E-state index >= 15 is 0 Å². The predicted molar refractivity (Wildman–Crippen MR) is 89.3 cm³/mol. The Hall–Kier alpha value is -1.14. The zero-order chi connectivity index (χ0) is 17.6. The molecule has 5 nitrogen and oxygen atoms in total. The highest BCUT2D eigenvalue weighted by molar-refractivity contribution is 6.74. The van der Waals surface area contributed by atoms with Crippen molar-refractivity contribution in [2.45, 2.75) is 77.8 Å². The summed E-state index contributed by atoms with van der Waals surface area (Å²) in [7, 11) is -1.89. The van der Waals surface area contributed by atoms with E-state index in [-0.39, 0.29) is 29.6 Å². The minimum absolute atomic E-state index is 0.0973. The molecule has 0 aromatic rings. The van der Waals surface area contributed by atoms with Crippen LogP contribution in [0.15, 0.2) is 12.2 Å². The molecule has 2 atom stereocenters. The second-order valence-electron chi connectivity index (χ2n) is 7.17. The van der Waals surface area contributed by atoms with Gasteiger partial charge in [0.1, 0.15) is 6.10 Å². The van der Waals surface area contributed by atoms with Crippen LogP contribution < -0.4 is 0 Å². The molecule has 0 aromatic carbocycles. The Morgan fingerprint density at radius 3 is 2.18 bits per heavy atom. The fraction of sp³-hybridized carbons (Fsp3) is 0.750. The van der Waals surface area contributed by atoms with Gasteiger partial charge in [-0.15, -0.1) is 0 Å². The summed E-state index contributed by atoms with van der Waals surface area (Å²) in [6.07, 6.45) is 2.59. The van der Waals surface area contributed by atoms with Crippen LogP contribution in [-0.4, -0.2) is 37.6 Å². The highest BCUT2D eigenvalue weighted by Crippen LogP contribution is 2.37. The van der Waals surface area contributed by atoms with Crippen molar-refractivity contribution in [2.24, 2.45) is 0 Å². The number of rotatable bonds is 8. The largest absolute Gasteiger partial charge is 0.478 e. The van der Waals surface area contributed by atoms with E-state index in [9.17, 15) is 9.59 Å². The van der Waals surface area contributed by atoms with Crippen LogP contribution in [0.1, 0.15) is 47.5 Å². The molecule has 0 fully saturated rings. The molecule has 0 spiro atoms. The van der Waals surface area contributed by atoms with Crippen molar-refractivity contribution < 1.29 is 23.9 Å². The number of aliphatic carboxylic acids is 1. The average Bonchev–Trinajstić information content (AvgIpc) is 2.24. The van der Waals surface area contributed by atoms with Gasteiger partial charge in [0.2, 0.25) is 0 Å². The highest BCUT2D eigenvalue weighted by Gasteiger charge is 2.38. The third-order valence-corrected chi connectivity index (χ3v) is 8.42. The van der Waals surface area contributed by atoms with Crippen LogP contribution in [0.5, 0.6) is 0 Å². The summed E-state index contributed by atoms with van der Waals surface area (Å²) in [5.74, 6) is -1.32. The smallest absolute Gasteiger partial charge is 0.327 e. The maximum Gasteiger partial charge on any atom is 0.327 e. The van der Waals surface area contributed by atoms with E-state index in [4.69, 9.17) is 14.3 Å². The minimum Gasteiger partial charge on any atom is -0.478 e. The van der Waals surface area contributed by atoms with Gasteiger partial charge in [-0.05, 0) is 32.0 Å². The third kappa shape index (κ3) is 8.34. The van der Waals surface area contributed by atoms with Crippen LogP contribution >= 0.6 is 0 Å². The quantitative estimate of drug-likeness (QED) is 0.417. The Morgan fingerprint density at radius 1 is 1.18 bits per heavy atom. The molecule has 0 rings (SSSR count). The van der Waals surface area contributed by atoms with Gasteiger partial charge in [0.05, 0.1) is 12.5 Å². The average molecular weight is 330 g/mol. The van der Waals surface area contributed by atoms with Crippen molar-refractivity contribution in [1.29, 1.82) is 0 Å². The first-order valence-corrected chi connectivity index (χ1v) is 10.5. The topological polar surface area (TPSA) is 72.8 Å². The van der Waals surface area contributed by atoms with E-state index in [0.29, 0.717) is 6.42 Å². The van der Waals surface area contributed by atoms with Crippen LogP contribution in [0.3, 0.4) is 0 Å². The molecule has 6 heteroatoms. The molecular formula is C16H30O5Si. The molecular weight excluding hydrogens is 300 g/mol. The lowest BCUT2D eigenvalue weighted by Crippen LogP contribution is -2.43. The molecule has 0 aliphatic rings. The molecule has 128 valence electrons. The summed E-state index contributed by atoms with van der Waals surface area (Å²) in [5, 5.41) is 8.59. The number of carboxylic acid groups (broad SMARTS) is 1. The highest BCUT2D eigenvalue weighted by atomic mass is 28.4. The molecule has 0 aromatic heterocycles. The summed E-state index contributed by atoms with van der Waals surface area (Å²) in [5.41, 5.74) is 0. The van der Waals surface area contributed by atoms with E-state index < -0.39 is 14.3 Å². The summed E-state index contributed by atoms with van der Waals surface area (Å²) in [6.45, 7) is 14.4. The van der Waals surface area contributed by atoms with Crippen molar-refractivity contribution in [3.8, 4) is 0 Å². The first-order chi connectivity index (χ1) is 9.85. The van der Waals surface area contributed by atoms with Crippen LogP contribution in [0.25, 0.3) is 0 Å². The number of carboxylic acids is 1.